The van der Waals surface area contributed by atoms with Crippen LogP contribution in [0.2, 0.25) is 5.02 Å². The SMILES string of the molecule is COc1cc(-c2nc(N)ncc2[N+](=O)[O-])ccc1Cl. The molecule has 0 aliphatic rings. The van der Waals surface area contributed by atoms with Crippen molar-refractivity contribution in [3.8, 4) is 17.0 Å². The van der Waals surface area contributed by atoms with Gasteiger partial charge >= 0.3 is 5.69 Å². The Morgan fingerprint density at radius 1 is 1.47 bits per heavy atom. The van der Waals surface area contributed by atoms with Gasteiger partial charge in [-0.25, -0.2) is 9.97 Å². The molecule has 19 heavy (non-hydrogen) atoms. The molecule has 0 unspecified atom stereocenters. The van der Waals surface area contributed by atoms with Crippen molar-refractivity contribution in [2.75, 3.05) is 12.8 Å². The first-order valence-electron chi connectivity index (χ1n) is 5.13. The third kappa shape index (κ3) is 2.55. The second-order valence-electron chi connectivity index (χ2n) is 3.57. The molecule has 0 saturated carbocycles. The standard InChI is InChI=1S/C11H9ClN4O3/c1-19-9-4-6(2-3-7(9)12)10-8(16(17)18)5-14-11(13)15-10/h2-5H,1H3,(H2,13,14,15). The Kier molecular flexibility index (Phi) is 3.48. The van der Waals surface area contributed by atoms with Crippen LogP contribution in [0.25, 0.3) is 11.3 Å². The maximum atomic E-state index is 11.0. The van der Waals surface area contributed by atoms with Crippen molar-refractivity contribution < 1.29 is 9.66 Å². The fourth-order valence-electron chi connectivity index (χ4n) is 1.54. The number of nitro groups is 1. The highest BCUT2D eigenvalue weighted by Gasteiger charge is 2.19. The Bertz CT molecular complexity index is 648. The Labute approximate surface area is 113 Å². The van der Waals surface area contributed by atoms with E-state index in [1.807, 2.05) is 0 Å². The second-order valence-corrected chi connectivity index (χ2v) is 3.98. The van der Waals surface area contributed by atoms with Crippen LogP contribution in [-0.4, -0.2) is 22.0 Å². The summed E-state index contributed by atoms with van der Waals surface area (Å²) < 4.78 is 5.06. The van der Waals surface area contributed by atoms with Crippen LogP contribution in [0.5, 0.6) is 5.75 Å². The lowest BCUT2D eigenvalue weighted by molar-refractivity contribution is -0.384. The van der Waals surface area contributed by atoms with E-state index in [0.717, 1.165) is 6.20 Å². The predicted molar refractivity (Wildman–Crippen MR) is 70.1 cm³/mol. The average molecular weight is 281 g/mol. The smallest absolute Gasteiger partial charge is 0.313 e. The van der Waals surface area contributed by atoms with Crippen molar-refractivity contribution in [2.24, 2.45) is 0 Å². The normalized spacial score (nSPS) is 10.2. The van der Waals surface area contributed by atoms with E-state index in [2.05, 4.69) is 9.97 Å². The minimum absolute atomic E-state index is 0.0467. The summed E-state index contributed by atoms with van der Waals surface area (Å²) in [4.78, 5) is 17.9. The summed E-state index contributed by atoms with van der Waals surface area (Å²) in [6.45, 7) is 0. The fourth-order valence-corrected chi connectivity index (χ4v) is 1.74. The molecule has 1 heterocycles. The summed E-state index contributed by atoms with van der Waals surface area (Å²) >= 11 is 5.90. The first-order chi connectivity index (χ1) is 9.02. The lowest BCUT2D eigenvalue weighted by Gasteiger charge is -2.06. The van der Waals surface area contributed by atoms with Gasteiger partial charge in [0.1, 0.15) is 11.9 Å². The van der Waals surface area contributed by atoms with E-state index in [1.165, 1.54) is 7.11 Å². The molecule has 1 aromatic heterocycles. The van der Waals surface area contributed by atoms with Crippen molar-refractivity contribution in [2.45, 2.75) is 0 Å². The zero-order valence-electron chi connectivity index (χ0n) is 9.83. The van der Waals surface area contributed by atoms with E-state index in [9.17, 15) is 10.1 Å². The second kappa shape index (κ2) is 5.07. The molecular weight excluding hydrogens is 272 g/mol. The molecule has 0 amide bonds. The van der Waals surface area contributed by atoms with E-state index >= 15 is 0 Å². The largest absolute Gasteiger partial charge is 0.495 e. The zero-order chi connectivity index (χ0) is 14.0. The minimum Gasteiger partial charge on any atom is -0.495 e. The molecule has 7 nitrogen and oxygen atoms in total. The van der Waals surface area contributed by atoms with Gasteiger partial charge in [-0.15, -0.1) is 0 Å². The number of rotatable bonds is 3. The Hall–Kier alpha value is -2.41. The first-order valence-corrected chi connectivity index (χ1v) is 5.51. The number of nitrogens with zero attached hydrogens (tertiary/aromatic N) is 3. The van der Waals surface area contributed by atoms with Gasteiger partial charge in [0.2, 0.25) is 5.95 Å². The number of methoxy groups -OCH3 is 1. The molecule has 0 fully saturated rings. The molecule has 2 N–H and O–H groups in total. The van der Waals surface area contributed by atoms with Gasteiger partial charge in [0, 0.05) is 5.56 Å². The van der Waals surface area contributed by atoms with Gasteiger partial charge in [-0.2, -0.15) is 0 Å². The zero-order valence-corrected chi connectivity index (χ0v) is 10.6. The quantitative estimate of drug-likeness (QED) is 0.683. The number of aromatic nitrogens is 2. The summed E-state index contributed by atoms with van der Waals surface area (Å²) in [5.74, 6) is 0.347. The van der Waals surface area contributed by atoms with E-state index in [1.54, 1.807) is 18.2 Å². The molecular formula is C11H9ClN4O3. The van der Waals surface area contributed by atoms with E-state index < -0.39 is 4.92 Å². The van der Waals surface area contributed by atoms with E-state index in [0.29, 0.717) is 16.3 Å². The molecule has 0 spiro atoms. The van der Waals surface area contributed by atoms with Crippen molar-refractivity contribution in [1.82, 2.24) is 9.97 Å². The topological polar surface area (TPSA) is 104 Å². The van der Waals surface area contributed by atoms with Gasteiger partial charge < -0.3 is 10.5 Å². The van der Waals surface area contributed by atoms with Gasteiger partial charge in [0.25, 0.3) is 0 Å². The molecule has 0 saturated heterocycles. The summed E-state index contributed by atoms with van der Waals surface area (Å²) in [5.41, 5.74) is 5.82. The third-order valence-corrected chi connectivity index (χ3v) is 2.72. The van der Waals surface area contributed by atoms with Crippen LogP contribution in [-0.2, 0) is 0 Å². The lowest BCUT2D eigenvalue weighted by atomic mass is 10.1. The number of anilines is 1. The molecule has 0 atom stereocenters. The highest BCUT2D eigenvalue weighted by molar-refractivity contribution is 6.32. The summed E-state index contributed by atoms with van der Waals surface area (Å²) in [5, 5.41) is 11.4. The van der Waals surface area contributed by atoms with Gasteiger partial charge in [-0.05, 0) is 12.1 Å². The van der Waals surface area contributed by atoms with E-state index in [4.69, 9.17) is 22.1 Å². The van der Waals surface area contributed by atoms with Crippen molar-refractivity contribution in [3.05, 3.63) is 39.5 Å². The maximum absolute atomic E-state index is 11.0. The molecule has 1 aromatic carbocycles. The molecule has 0 aliphatic carbocycles. The number of nitrogen functional groups attached to an aromatic ring is 1. The highest BCUT2D eigenvalue weighted by Crippen LogP contribution is 2.33. The van der Waals surface area contributed by atoms with E-state index in [-0.39, 0.29) is 17.3 Å². The Balaban J connectivity index is 2.64. The van der Waals surface area contributed by atoms with Gasteiger partial charge in [-0.3, -0.25) is 10.1 Å². The molecule has 0 radical (unpaired) electrons. The number of nitrogens with two attached hydrogens (primary N) is 1. The van der Waals surface area contributed by atoms with Gasteiger partial charge in [0.15, 0.2) is 5.69 Å². The Morgan fingerprint density at radius 3 is 2.84 bits per heavy atom. The maximum Gasteiger partial charge on any atom is 0.313 e. The van der Waals surface area contributed by atoms with Crippen LogP contribution in [0.1, 0.15) is 0 Å². The molecule has 8 heteroatoms. The average Bonchev–Trinajstić information content (AvgIpc) is 2.38. The lowest BCUT2D eigenvalue weighted by Crippen LogP contribution is -2.01. The molecule has 2 rings (SSSR count). The van der Waals surface area contributed by atoms with Crippen molar-refractivity contribution in [3.63, 3.8) is 0 Å². The predicted octanol–water partition coefficient (Wildman–Crippen LogP) is 2.30. The van der Waals surface area contributed by atoms with Crippen LogP contribution >= 0.6 is 11.6 Å². The number of hydrogen-bond donors (Lipinski definition) is 1. The van der Waals surface area contributed by atoms with Crippen LogP contribution in [0, 0.1) is 10.1 Å². The third-order valence-electron chi connectivity index (χ3n) is 2.41. The fraction of sp³-hybridized carbons (Fsp3) is 0.0909. The van der Waals surface area contributed by atoms with Crippen LogP contribution < -0.4 is 10.5 Å². The molecule has 0 aliphatic heterocycles. The summed E-state index contributed by atoms with van der Waals surface area (Å²) in [7, 11) is 1.45. The number of benzene rings is 1. The molecule has 0 bridgehead atoms. The Morgan fingerprint density at radius 2 is 2.21 bits per heavy atom. The number of hydrogen-bond acceptors (Lipinski definition) is 6. The van der Waals surface area contributed by atoms with Gasteiger partial charge in [0.05, 0.1) is 17.1 Å². The monoisotopic (exact) mass is 280 g/mol. The highest BCUT2D eigenvalue weighted by atomic mass is 35.5. The van der Waals surface area contributed by atoms with Gasteiger partial charge in [-0.1, -0.05) is 17.7 Å². The minimum atomic E-state index is -0.574. The molecule has 98 valence electrons. The van der Waals surface area contributed by atoms with Crippen LogP contribution in [0.4, 0.5) is 11.6 Å². The number of ether oxygens (including phenoxy) is 1. The van der Waals surface area contributed by atoms with Crippen molar-refractivity contribution >= 4 is 23.2 Å². The summed E-state index contributed by atoms with van der Waals surface area (Å²) in [6, 6.07) is 4.72. The van der Waals surface area contributed by atoms with Crippen LogP contribution in [0.15, 0.2) is 24.4 Å². The molecule has 2 aromatic rings. The summed E-state index contributed by atoms with van der Waals surface area (Å²) in [6.07, 6.45) is 1.07. The van der Waals surface area contributed by atoms with Crippen molar-refractivity contribution in [1.29, 1.82) is 0 Å². The van der Waals surface area contributed by atoms with Crippen LogP contribution in [0.3, 0.4) is 0 Å². The first kappa shape index (κ1) is 13.0. The number of halogens is 1.